The summed E-state index contributed by atoms with van der Waals surface area (Å²) in [5.41, 5.74) is 1.02. The van der Waals surface area contributed by atoms with Gasteiger partial charge in [0.15, 0.2) is 0 Å². The number of fused-ring (bicyclic) bond motifs is 1. The summed E-state index contributed by atoms with van der Waals surface area (Å²) in [7, 11) is 0. The summed E-state index contributed by atoms with van der Waals surface area (Å²) in [6.07, 6.45) is 3.28. The van der Waals surface area contributed by atoms with Gasteiger partial charge in [-0.05, 0) is 55.5 Å². The lowest BCUT2D eigenvalue weighted by atomic mass is 9.96. The highest BCUT2D eigenvalue weighted by Gasteiger charge is 2.33. The van der Waals surface area contributed by atoms with Crippen molar-refractivity contribution in [1.29, 1.82) is 0 Å². The molecule has 2 aromatic carbocycles. The first-order valence-electron chi connectivity index (χ1n) is 10.4. The number of carbonyl (C=O) groups excluding carboxylic acids is 3. The van der Waals surface area contributed by atoms with Crippen molar-refractivity contribution < 1.29 is 19.1 Å². The van der Waals surface area contributed by atoms with Crippen LogP contribution in [0.25, 0.3) is 10.8 Å². The number of ether oxygens (including phenoxy) is 1. The van der Waals surface area contributed by atoms with Gasteiger partial charge in [0.25, 0.3) is 5.91 Å². The van der Waals surface area contributed by atoms with E-state index < -0.39 is 0 Å². The van der Waals surface area contributed by atoms with Gasteiger partial charge >= 0.3 is 5.97 Å². The van der Waals surface area contributed by atoms with Gasteiger partial charge < -0.3 is 15.0 Å². The van der Waals surface area contributed by atoms with Crippen LogP contribution in [-0.4, -0.2) is 42.4 Å². The van der Waals surface area contributed by atoms with Gasteiger partial charge in [0.05, 0.1) is 23.8 Å². The van der Waals surface area contributed by atoms with Crippen LogP contribution in [0.1, 0.15) is 43.0 Å². The summed E-state index contributed by atoms with van der Waals surface area (Å²) in [5, 5.41) is 4.88. The maximum Gasteiger partial charge on any atom is 0.310 e. The average Bonchev–Trinajstić information content (AvgIpc) is 3.58. The Labute approximate surface area is 170 Å². The Balaban J connectivity index is 1.62. The molecule has 0 radical (unpaired) electrons. The standard InChI is InChI=1S/C23H26N2O4/c1-2-29-23(28)18-8-5-11-25(14-18)22(27)19-12-16-6-3-4-7-17(16)13-20(19)24-21(26)15-9-10-15/h3-4,6-7,12-13,15,18H,2,5,8-11,14H2,1H3,(H,24,26). The highest BCUT2D eigenvalue weighted by molar-refractivity contribution is 6.08. The molecule has 1 saturated heterocycles. The number of hydrogen-bond acceptors (Lipinski definition) is 4. The molecular formula is C23H26N2O4. The Kier molecular flexibility index (Phi) is 5.51. The van der Waals surface area contributed by atoms with E-state index >= 15 is 0 Å². The molecule has 0 aromatic heterocycles. The monoisotopic (exact) mass is 394 g/mol. The first-order valence-corrected chi connectivity index (χ1v) is 10.4. The highest BCUT2D eigenvalue weighted by atomic mass is 16.5. The van der Waals surface area contributed by atoms with Crippen molar-refractivity contribution in [1.82, 2.24) is 4.90 Å². The molecule has 152 valence electrons. The van der Waals surface area contributed by atoms with Crippen LogP contribution in [0.5, 0.6) is 0 Å². The Hall–Kier alpha value is -2.89. The molecular weight excluding hydrogens is 368 g/mol. The number of anilines is 1. The third-order valence-electron chi connectivity index (χ3n) is 5.65. The lowest BCUT2D eigenvalue weighted by Gasteiger charge is -2.32. The molecule has 2 amide bonds. The third kappa shape index (κ3) is 4.26. The van der Waals surface area contributed by atoms with E-state index in [1.54, 1.807) is 11.8 Å². The summed E-state index contributed by atoms with van der Waals surface area (Å²) < 4.78 is 5.15. The molecule has 1 heterocycles. The molecule has 6 nitrogen and oxygen atoms in total. The molecule has 29 heavy (non-hydrogen) atoms. The zero-order valence-corrected chi connectivity index (χ0v) is 16.6. The number of piperidine rings is 1. The fourth-order valence-corrected chi connectivity index (χ4v) is 3.89. The van der Waals surface area contributed by atoms with E-state index in [2.05, 4.69) is 5.32 Å². The molecule has 1 aliphatic heterocycles. The lowest BCUT2D eigenvalue weighted by molar-refractivity contribution is -0.149. The van der Waals surface area contributed by atoms with Crippen LogP contribution in [-0.2, 0) is 14.3 Å². The first kappa shape index (κ1) is 19.4. The molecule has 1 aliphatic carbocycles. The van der Waals surface area contributed by atoms with Crippen LogP contribution >= 0.6 is 0 Å². The average molecular weight is 394 g/mol. The number of hydrogen-bond donors (Lipinski definition) is 1. The number of amides is 2. The van der Waals surface area contributed by atoms with Gasteiger partial charge in [0.1, 0.15) is 0 Å². The van der Waals surface area contributed by atoms with E-state index in [9.17, 15) is 14.4 Å². The number of likely N-dealkylation sites (tertiary alicyclic amines) is 1. The molecule has 2 fully saturated rings. The number of esters is 1. The molecule has 2 aliphatic rings. The maximum absolute atomic E-state index is 13.4. The summed E-state index contributed by atoms with van der Waals surface area (Å²) >= 11 is 0. The van der Waals surface area contributed by atoms with Crippen LogP contribution in [0.2, 0.25) is 0 Å². The summed E-state index contributed by atoms with van der Waals surface area (Å²) in [6, 6.07) is 11.5. The number of carbonyl (C=O) groups is 3. The molecule has 0 spiro atoms. The van der Waals surface area contributed by atoms with E-state index in [1.807, 2.05) is 36.4 Å². The van der Waals surface area contributed by atoms with Crippen molar-refractivity contribution in [3.63, 3.8) is 0 Å². The van der Waals surface area contributed by atoms with Crippen molar-refractivity contribution in [2.24, 2.45) is 11.8 Å². The Morgan fingerprint density at radius 1 is 1.07 bits per heavy atom. The van der Waals surface area contributed by atoms with Crippen molar-refractivity contribution in [3.05, 3.63) is 42.0 Å². The van der Waals surface area contributed by atoms with E-state index in [4.69, 9.17) is 4.74 Å². The minimum absolute atomic E-state index is 0.0302. The van der Waals surface area contributed by atoms with Crippen LogP contribution in [0.4, 0.5) is 5.69 Å². The van der Waals surface area contributed by atoms with Gasteiger partial charge in [-0.15, -0.1) is 0 Å². The molecule has 2 aromatic rings. The molecule has 1 N–H and O–H groups in total. The van der Waals surface area contributed by atoms with E-state index in [0.717, 1.165) is 36.5 Å². The first-order chi connectivity index (χ1) is 14.1. The van der Waals surface area contributed by atoms with Gasteiger partial charge in [0.2, 0.25) is 5.91 Å². The molecule has 1 unspecified atom stereocenters. The van der Waals surface area contributed by atoms with Gasteiger partial charge in [0, 0.05) is 19.0 Å². The number of rotatable bonds is 5. The van der Waals surface area contributed by atoms with Crippen LogP contribution in [0, 0.1) is 11.8 Å². The Bertz CT molecular complexity index is 951. The number of benzene rings is 2. The minimum atomic E-state index is -0.294. The van der Waals surface area contributed by atoms with Gasteiger partial charge in [-0.2, -0.15) is 0 Å². The van der Waals surface area contributed by atoms with Crippen LogP contribution in [0.15, 0.2) is 36.4 Å². The highest BCUT2D eigenvalue weighted by Crippen LogP contribution is 2.32. The van der Waals surface area contributed by atoms with Crippen molar-refractivity contribution >= 4 is 34.2 Å². The van der Waals surface area contributed by atoms with Gasteiger partial charge in [-0.25, -0.2) is 0 Å². The van der Waals surface area contributed by atoms with Gasteiger partial charge in [-0.3, -0.25) is 14.4 Å². The zero-order chi connectivity index (χ0) is 20.4. The van der Waals surface area contributed by atoms with Crippen molar-refractivity contribution in [2.45, 2.75) is 32.6 Å². The summed E-state index contributed by atoms with van der Waals surface area (Å²) in [5.74, 6) is -0.677. The van der Waals surface area contributed by atoms with E-state index in [-0.39, 0.29) is 29.6 Å². The Morgan fingerprint density at radius 2 is 1.79 bits per heavy atom. The Morgan fingerprint density at radius 3 is 2.48 bits per heavy atom. The minimum Gasteiger partial charge on any atom is -0.466 e. The maximum atomic E-state index is 13.4. The smallest absolute Gasteiger partial charge is 0.310 e. The quantitative estimate of drug-likeness (QED) is 0.786. The summed E-state index contributed by atoms with van der Waals surface area (Å²) in [6.45, 7) is 3.07. The normalized spacial score (nSPS) is 19.1. The molecule has 0 bridgehead atoms. The molecule has 6 heteroatoms. The molecule has 1 atom stereocenters. The fraction of sp³-hybridized carbons (Fsp3) is 0.435. The third-order valence-corrected chi connectivity index (χ3v) is 5.65. The van der Waals surface area contributed by atoms with E-state index in [0.29, 0.717) is 30.9 Å². The largest absolute Gasteiger partial charge is 0.466 e. The second-order valence-corrected chi connectivity index (χ2v) is 7.85. The van der Waals surface area contributed by atoms with E-state index in [1.165, 1.54) is 0 Å². The van der Waals surface area contributed by atoms with Gasteiger partial charge in [-0.1, -0.05) is 24.3 Å². The number of nitrogens with zero attached hydrogens (tertiary/aromatic N) is 1. The van der Waals surface area contributed by atoms with Crippen molar-refractivity contribution in [2.75, 3.05) is 25.0 Å². The second kappa shape index (κ2) is 8.23. The zero-order valence-electron chi connectivity index (χ0n) is 16.6. The molecule has 1 saturated carbocycles. The van der Waals surface area contributed by atoms with Crippen LogP contribution in [0.3, 0.4) is 0 Å². The number of nitrogens with one attached hydrogen (secondary N) is 1. The summed E-state index contributed by atoms with van der Waals surface area (Å²) in [4.78, 5) is 39.6. The lowest BCUT2D eigenvalue weighted by Crippen LogP contribution is -2.43. The van der Waals surface area contributed by atoms with Crippen molar-refractivity contribution in [3.8, 4) is 0 Å². The molecule has 4 rings (SSSR count). The SMILES string of the molecule is CCOC(=O)C1CCCN(C(=O)c2cc3ccccc3cc2NC(=O)C2CC2)C1. The topological polar surface area (TPSA) is 75.7 Å². The predicted octanol–water partition coefficient (Wildman–Crippen LogP) is 3.60. The predicted molar refractivity (Wildman–Crippen MR) is 111 cm³/mol. The fourth-order valence-electron chi connectivity index (χ4n) is 3.89. The van der Waals surface area contributed by atoms with Crippen LogP contribution < -0.4 is 5.32 Å². The second-order valence-electron chi connectivity index (χ2n) is 7.85.